The van der Waals surface area contributed by atoms with Gasteiger partial charge in [-0.25, -0.2) is 0 Å². The number of phenolic OH excluding ortho intramolecular Hbond substituents is 1. The monoisotopic (exact) mass is 369 g/mol. The molecule has 3 rings (SSSR count). The third-order valence-corrected chi connectivity index (χ3v) is 4.94. The third kappa shape index (κ3) is 4.92. The van der Waals surface area contributed by atoms with Crippen LogP contribution >= 0.6 is 0 Å². The van der Waals surface area contributed by atoms with Gasteiger partial charge in [0.15, 0.2) is 0 Å². The van der Waals surface area contributed by atoms with Crippen LogP contribution in [0.2, 0.25) is 0 Å². The van der Waals surface area contributed by atoms with Gasteiger partial charge in [-0.05, 0) is 37.3 Å². The van der Waals surface area contributed by atoms with Crippen LogP contribution in [0.15, 0.2) is 48.5 Å². The van der Waals surface area contributed by atoms with Crippen LogP contribution in [0.3, 0.4) is 0 Å². The van der Waals surface area contributed by atoms with Gasteiger partial charge >= 0.3 is 0 Å². The topological polar surface area (TPSA) is 65.0 Å². The summed E-state index contributed by atoms with van der Waals surface area (Å²) in [5, 5.41) is 12.5. The average Bonchev–Trinajstić information content (AvgIpc) is 2.69. The Morgan fingerprint density at radius 1 is 1.11 bits per heavy atom. The zero-order valence-electron chi connectivity index (χ0n) is 15.9. The minimum Gasteiger partial charge on any atom is -0.508 e. The first-order chi connectivity index (χ1) is 13.1. The van der Waals surface area contributed by atoms with Crippen molar-refractivity contribution in [3.05, 3.63) is 54.1 Å². The standard InChI is InChI=1S/C21H27N3O3/c1-16(19-5-3-4-6-20(19)27-2)22-21(26)15-23-11-13-24(14-12-23)17-7-9-18(25)10-8-17/h3-10,16,25H,11-15H2,1-2H3,(H,22,26). The summed E-state index contributed by atoms with van der Waals surface area (Å²) in [5.74, 6) is 1.08. The highest BCUT2D eigenvalue weighted by Crippen LogP contribution is 2.24. The number of methoxy groups -OCH3 is 1. The summed E-state index contributed by atoms with van der Waals surface area (Å²) in [7, 11) is 1.64. The molecule has 2 aromatic rings. The maximum atomic E-state index is 12.4. The summed E-state index contributed by atoms with van der Waals surface area (Å²) >= 11 is 0. The second kappa shape index (κ2) is 8.77. The van der Waals surface area contributed by atoms with Gasteiger partial charge in [-0.2, -0.15) is 0 Å². The predicted molar refractivity (Wildman–Crippen MR) is 106 cm³/mol. The van der Waals surface area contributed by atoms with Crippen molar-refractivity contribution in [2.75, 3.05) is 44.7 Å². The number of rotatable bonds is 6. The van der Waals surface area contributed by atoms with E-state index in [0.29, 0.717) is 6.54 Å². The van der Waals surface area contributed by atoms with Crippen LogP contribution in [0.4, 0.5) is 5.69 Å². The number of hydrogen-bond donors (Lipinski definition) is 2. The highest BCUT2D eigenvalue weighted by Gasteiger charge is 2.20. The molecule has 0 spiro atoms. The number of benzene rings is 2. The number of piperazine rings is 1. The molecular weight excluding hydrogens is 342 g/mol. The average molecular weight is 369 g/mol. The van der Waals surface area contributed by atoms with Crippen LogP contribution in [0.25, 0.3) is 0 Å². The van der Waals surface area contributed by atoms with Crippen molar-refractivity contribution in [3.63, 3.8) is 0 Å². The molecule has 2 N–H and O–H groups in total. The molecule has 1 aliphatic heterocycles. The number of aromatic hydroxyl groups is 1. The number of nitrogens with zero attached hydrogens (tertiary/aromatic N) is 2. The zero-order chi connectivity index (χ0) is 19.2. The number of phenols is 1. The fourth-order valence-electron chi connectivity index (χ4n) is 3.42. The Morgan fingerprint density at radius 3 is 2.44 bits per heavy atom. The number of carbonyl (C=O) groups excluding carboxylic acids is 1. The second-order valence-electron chi connectivity index (χ2n) is 6.81. The summed E-state index contributed by atoms with van der Waals surface area (Å²) in [6.45, 7) is 5.75. The van der Waals surface area contributed by atoms with Gasteiger partial charge in [0.25, 0.3) is 0 Å². The highest BCUT2D eigenvalue weighted by atomic mass is 16.5. The van der Waals surface area contributed by atoms with Crippen molar-refractivity contribution in [3.8, 4) is 11.5 Å². The van der Waals surface area contributed by atoms with Crippen molar-refractivity contribution >= 4 is 11.6 Å². The number of ether oxygens (including phenoxy) is 1. The molecule has 6 nitrogen and oxygen atoms in total. The molecule has 27 heavy (non-hydrogen) atoms. The number of para-hydroxylation sites is 1. The first-order valence-electron chi connectivity index (χ1n) is 9.25. The minimum absolute atomic E-state index is 0.0199. The first-order valence-corrected chi connectivity index (χ1v) is 9.25. The number of anilines is 1. The molecule has 0 radical (unpaired) electrons. The van der Waals surface area contributed by atoms with Crippen molar-refractivity contribution in [2.45, 2.75) is 13.0 Å². The second-order valence-corrected chi connectivity index (χ2v) is 6.81. The third-order valence-electron chi connectivity index (χ3n) is 4.94. The van der Waals surface area contributed by atoms with Crippen LogP contribution in [0, 0.1) is 0 Å². The lowest BCUT2D eigenvalue weighted by molar-refractivity contribution is -0.123. The fourth-order valence-corrected chi connectivity index (χ4v) is 3.42. The number of nitrogens with one attached hydrogen (secondary N) is 1. The summed E-state index contributed by atoms with van der Waals surface area (Å²) in [5.41, 5.74) is 2.08. The zero-order valence-corrected chi connectivity index (χ0v) is 15.9. The van der Waals surface area contributed by atoms with E-state index in [1.165, 1.54) is 0 Å². The molecule has 1 saturated heterocycles. The molecule has 1 unspecified atom stereocenters. The fraction of sp³-hybridized carbons (Fsp3) is 0.381. The van der Waals surface area contributed by atoms with Gasteiger partial charge in [0.1, 0.15) is 11.5 Å². The Kier molecular flexibility index (Phi) is 6.19. The molecule has 1 amide bonds. The van der Waals surface area contributed by atoms with E-state index in [4.69, 9.17) is 4.74 Å². The summed E-state index contributed by atoms with van der Waals surface area (Å²) < 4.78 is 5.38. The van der Waals surface area contributed by atoms with Crippen molar-refractivity contribution in [2.24, 2.45) is 0 Å². The molecule has 6 heteroatoms. The molecule has 2 aromatic carbocycles. The summed E-state index contributed by atoms with van der Waals surface area (Å²) in [4.78, 5) is 16.9. The molecule has 144 valence electrons. The Bertz CT molecular complexity index is 756. The van der Waals surface area contributed by atoms with E-state index in [9.17, 15) is 9.90 Å². The molecule has 1 fully saturated rings. The van der Waals surface area contributed by atoms with Gasteiger partial charge in [-0.15, -0.1) is 0 Å². The maximum absolute atomic E-state index is 12.4. The van der Waals surface area contributed by atoms with Crippen molar-refractivity contribution in [1.82, 2.24) is 10.2 Å². The largest absolute Gasteiger partial charge is 0.508 e. The van der Waals surface area contributed by atoms with Crippen LogP contribution in [0.5, 0.6) is 11.5 Å². The predicted octanol–water partition coefficient (Wildman–Crippen LogP) is 2.40. The van der Waals surface area contributed by atoms with Crippen LogP contribution in [-0.4, -0.2) is 55.7 Å². The van der Waals surface area contributed by atoms with E-state index in [1.54, 1.807) is 19.2 Å². The Balaban J connectivity index is 1.48. The van der Waals surface area contributed by atoms with Gasteiger partial charge in [0.05, 0.1) is 19.7 Å². The normalized spacial score (nSPS) is 16.0. The van der Waals surface area contributed by atoms with Crippen LogP contribution in [0.1, 0.15) is 18.5 Å². The molecular formula is C21H27N3O3. The van der Waals surface area contributed by atoms with Crippen LogP contribution < -0.4 is 15.0 Å². The molecule has 0 bridgehead atoms. The first kappa shape index (κ1) is 19.0. The quantitative estimate of drug-likeness (QED) is 0.819. The van der Waals surface area contributed by atoms with Gasteiger partial charge in [-0.3, -0.25) is 9.69 Å². The van der Waals surface area contributed by atoms with Gasteiger partial charge in [0.2, 0.25) is 5.91 Å². The Labute approximate surface area is 160 Å². The molecule has 1 atom stereocenters. The summed E-state index contributed by atoms with van der Waals surface area (Å²) in [6, 6.07) is 14.9. The number of amides is 1. The smallest absolute Gasteiger partial charge is 0.234 e. The molecule has 0 saturated carbocycles. The SMILES string of the molecule is COc1ccccc1C(C)NC(=O)CN1CCN(c2ccc(O)cc2)CC1. The van der Waals surface area contributed by atoms with E-state index < -0.39 is 0 Å². The van der Waals surface area contributed by atoms with E-state index >= 15 is 0 Å². The maximum Gasteiger partial charge on any atom is 0.234 e. The number of carbonyl (C=O) groups is 1. The lowest BCUT2D eigenvalue weighted by Gasteiger charge is -2.35. The molecule has 1 heterocycles. The van der Waals surface area contributed by atoms with E-state index in [0.717, 1.165) is 43.2 Å². The van der Waals surface area contributed by atoms with Gasteiger partial charge in [0, 0.05) is 37.4 Å². The molecule has 0 aromatic heterocycles. The lowest BCUT2D eigenvalue weighted by Crippen LogP contribution is -2.49. The van der Waals surface area contributed by atoms with Gasteiger partial charge in [-0.1, -0.05) is 18.2 Å². The Hall–Kier alpha value is -2.73. The highest BCUT2D eigenvalue weighted by molar-refractivity contribution is 5.78. The lowest BCUT2D eigenvalue weighted by atomic mass is 10.1. The molecule has 0 aliphatic carbocycles. The van der Waals surface area contributed by atoms with Gasteiger partial charge < -0.3 is 20.1 Å². The van der Waals surface area contributed by atoms with Crippen molar-refractivity contribution < 1.29 is 14.6 Å². The number of hydrogen-bond acceptors (Lipinski definition) is 5. The summed E-state index contributed by atoms with van der Waals surface area (Å²) in [6.07, 6.45) is 0. The van der Waals surface area contributed by atoms with E-state index in [2.05, 4.69) is 15.1 Å². The molecule has 1 aliphatic rings. The minimum atomic E-state index is -0.105. The van der Waals surface area contributed by atoms with Crippen molar-refractivity contribution in [1.29, 1.82) is 0 Å². The van der Waals surface area contributed by atoms with E-state index in [1.807, 2.05) is 43.3 Å². The van der Waals surface area contributed by atoms with Crippen LogP contribution in [-0.2, 0) is 4.79 Å². The Morgan fingerprint density at radius 2 is 1.78 bits per heavy atom. The van der Waals surface area contributed by atoms with E-state index in [-0.39, 0.29) is 17.7 Å².